The maximum absolute atomic E-state index is 6.70. The van der Waals surface area contributed by atoms with Crippen molar-refractivity contribution in [3.63, 3.8) is 0 Å². The summed E-state index contributed by atoms with van der Waals surface area (Å²) < 4.78 is 9.20. The highest BCUT2D eigenvalue weighted by molar-refractivity contribution is 7.25. The highest BCUT2D eigenvalue weighted by Gasteiger charge is 2.52. The third-order valence-corrected chi connectivity index (χ3v) is 15.7. The van der Waals surface area contributed by atoms with E-state index in [0.717, 1.165) is 55.3 Å². The molecular weight excluding hydrogens is 859 g/mol. The van der Waals surface area contributed by atoms with Crippen molar-refractivity contribution in [2.24, 2.45) is 0 Å². The number of hydrogen-bond donors (Lipinski definition) is 0. The number of aromatic nitrogens is 3. The van der Waals surface area contributed by atoms with Crippen LogP contribution in [0.2, 0.25) is 0 Å². The molecule has 2 aliphatic carbocycles. The highest BCUT2D eigenvalue weighted by Crippen LogP contribution is 2.64. The Morgan fingerprint density at radius 2 is 0.855 bits per heavy atom. The molecule has 3 heterocycles. The summed E-state index contributed by atoms with van der Waals surface area (Å²) >= 11 is 1.81. The highest BCUT2D eigenvalue weighted by atomic mass is 32.1. The second-order valence-electron chi connectivity index (χ2n) is 18.2. The average molecular weight is 896 g/mol. The van der Waals surface area contributed by atoms with Crippen molar-refractivity contribution in [1.29, 1.82) is 0 Å². The fourth-order valence-electron chi connectivity index (χ4n) is 11.6. The van der Waals surface area contributed by atoms with E-state index in [4.69, 9.17) is 19.4 Å². The Balaban J connectivity index is 0.927. The number of thiophene rings is 1. The van der Waals surface area contributed by atoms with E-state index in [9.17, 15) is 0 Å². The Labute approximate surface area is 401 Å². The minimum atomic E-state index is -0.425. The molecular formula is C64H37N3OS. The van der Waals surface area contributed by atoms with E-state index in [-0.39, 0.29) is 0 Å². The first-order valence-corrected chi connectivity index (χ1v) is 24.2. The molecule has 0 radical (unpaired) electrons. The van der Waals surface area contributed by atoms with Crippen LogP contribution < -0.4 is 0 Å². The first-order chi connectivity index (χ1) is 34.2. The fraction of sp³-hybridized carbons (Fsp3) is 0.0156. The summed E-state index contributed by atoms with van der Waals surface area (Å²) in [6, 6.07) is 80.9. The van der Waals surface area contributed by atoms with Gasteiger partial charge < -0.3 is 4.42 Å². The lowest BCUT2D eigenvalue weighted by atomic mass is 9.70. The number of furan rings is 1. The fourth-order valence-corrected chi connectivity index (χ4v) is 12.7. The zero-order valence-corrected chi connectivity index (χ0v) is 37.8. The molecule has 15 rings (SSSR count). The maximum atomic E-state index is 6.70. The summed E-state index contributed by atoms with van der Waals surface area (Å²) in [4.78, 5) is 15.9. The van der Waals surface area contributed by atoms with Gasteiger partial charge in [0.25, 0.3) is 0 Å². The minimum absolute atomic E-state index is 0.425. The molecule has 0 atom stereocenters. The quantitative estimate of drug-likeness (QED) is 0.173. The zero-order chi connectivity index (χ0) is 45.2. The zero-order valence-electron chi connectivity index (χ0n) is 37.0. The van der Waals surface area contributed by atoms with Crippen LogP contribution in [0, 0.1) is 0 Å². The summed E-state index contributed by atoms with van der Waals surface area (Å²) in [6.07, 6.45) is 0. The maximum Gasteiger partial charge on any atom is 0.164 e. The predicted octanol–water partition coefficient (Wildman–Crippen LogP) is 16.8. The standard InChI is InChI=1S/C64H37N3OS/c1-2-14-38(15-3-1)39-28-30-40(31-29-39)61-65-62(42-33-35-58-49(37-42)46-18-7-11-27-57(46)69-58)67-63(66-61)48-21-13-26-56-60(48)50-36-41(32-34-55(50)68-56)43-20-12-25-54-59(43)47-19-6-10-24-53(47)64(54)51-22-8-4-16-44(51)45-17-5-9-23-52(45)64/h1-37H. The molecule has 4 nitrogen and oxygen atoms in total. The van der Waals surface area contributed by atoms with Gasteiger partial charge in [0.2, 0.25) is 0 Å². The molecule has 0 saturated carbocycles. The van der Waals surface area contributed by atoms with Crippen LogP contribution in [-0.2, 0) is 5.41 Å². The SMILES string of the molecule is c1ccc(-c2ccc(-c3nc(-c4ccc5sc6ccccc6c5c4)nc(-c4cccc5oc6ccc(-c7cccc8c7-c7ccccc7C87c8ccccc8-c8ccccc87)cc6c45)n3)cc2)cc1. The van der Waals surface area contributed by atoms with Crippen LogP contribution >= 0.6 is 11.3 Å². The lowest BCUT2D eigenvalue weighted by Crippen LogP contribution is -2.25. The van der Waals surface area contributed by atoms with Gasteiger partial charge in [-0.05, 0) is 109 Å². The van der Waals surface area contributed by atoms with Crippen LogP contribution in [0.1, 0.15) is 22.3 Å². The van der Waals surface area contributed by atoms with E-state index in [1.807, 2.05) is 23.5 Å². The molecule has 5 heteroatoms. The van der Waals surface area contributed by atoms with Crippen molar-refractivity contribution < 1.29 is 4.42 Å². The number of rotatable bonds is 5. The molecule has 0 fully saturated rings. The van der Waals surface area contributed by atoms with Crippen LogP contribution in [0.3, 0.4) is 0 Å². The molecule has 1 spiro atoms. The lowest BCUT2D eigenvalue weighted by Gasteiger charge is -2.30. The van der Waals surface area contributed by atoms with Gasteiger partial charge in [-0.15, -0.1) is 11.3 Å². The summed E-state index contributed by atoms with van der Waals surface area (Å²) in [6.45, 7) is 0. The second kappa shape index (κ2) is 14.6. The minimum Gasteiger partial charge on any atom is -0.456 e. The summed E-state index contributed by atoms with van der Waals surface area (Å²) in [7, 11) is 0. The van der Waals surface area contributed by atoms with Crippen LogP contribution in [0.5, 0.6) is 0 Å². The van der Waals surface area contributed by atoms with E-state index in [0.29, 0.717) is 17.5 Å². The van der Waals surface area contributed by atoms with E-state index >= 15 is 0 Å². The van der Waals surface area contributed by atoms with Gasteiger partial charge in [-0.3, -0.25) is 0 Å². The van der Waals surface area contributed by atoms with E-state index < -0.39 is 5.41 Å². The smallest absolute Gasteiger partial charge is 0.164 e. The van der Waals surface area contributed by atoms with Crippen LogP contribution in [0.15, 0.2) is 229 Å². The molecule has 0 amide bonds. The van der Waals surface area contributed by atoms with Gasteiger partial charge in [0, 0.05) is 47.6 Å². The average Bonchev–Trinajstić information content (AvgIpc) is 4.16. The second-order valence-corrected chi connectivity index (χ2v) is 19.2. The van der Waals surface area contributed by atoms with Crippen molar-refractivity contribution in [1.82, 2.24) is 15.0 Å². The van der Waals surface area contributed by atoms with E-state index in [1.54, 1.807) is 0 Å². The van der Waals surface area contributed by atoms with Crippen molar-refractivity contribution >= 4 is 53.4 Å². The van der Waals surface area contributed by atoms with Gasteiger partial charge in [-0.25, -0.2) is 15.0 Å². The number of hydrogen-bond acceptors (Lipinski definition) is 5. The van der Waals surface area contributed by atoms with Crippen molar-refractivity contribution in [2.75, 3.05) is 0 Å². The van der Waals surface area contributed by atoms with Gasteiger partial charge in [0.15, 0.2) is 17.5 Å². The molecule has 0 saturated heterocycles. The molecule has 0 N–H and O–H groups in total. The van der Waals surface area contributed by atoms with Gasteiger partial charge in [0.1, 0.15) is 11.2 Å². The molecule has 10 aromatic carbocycles. The van der Waals surface area contributed by atoms with Gasteiger partial charge in [0.05, 0.1) is 5.41 Å². The molecule has 3 aromatic heterocycles. The molecule has 0 bridgehead atoms. The van der Waals surface area contributed by atoms with Gasteiger partial charge >= 0.3 is 0 Å². The summed E-state index contributed by atoms with van der Waals surface area (Å²) in [5.41, 5.74) is 19.0. The Bertz CT molecular complexity index is 4220. The van der Waals surface area contributed by atoms with Crippen molar-refractivity contribution in [2.45, 2.75) is 5.41 Å². The Morgan fingerprint density at radius 1 is 0.319 bits per heavy atom. The van der Waals surface area contributed by atoms with Crippen molar-refractivity contribution in [3.05, 3.63) is 247 Å². The Morgan fingerprint density at radius 3 is 1.65 bits per heavy atom. The summed E-state index contributed by atoms with van der Waals surface area (Å²) in [5.74, 6) is 1.82. The number of benzene rings is 10. The van der Waals surface area contributed by atoms with E-state index in [2.05, 4.69) is 212 Å². The van der Waals surface area contributed by atoms with Gasteiger partial charge in [-0.2, -0.15) is 0 Å². The Hall–Kier alpha value is -8.77. The van der Waals surface area contributed by atoms with Crippen LogP contribution in [0.25, 0.3) is 121 Å². The number of nitrogens with zero attached hydrogens (tertiary/aromatic N) is 3. The molecule has 13 aromatic rings. The van der Waals surface area contributed by atoms with Gasteiger partial charge in [-0.1, -0.05) is 182 Å². The molecule has 0 aliphatic heterocycles. The topological polar surface area (TPSA) is 51.8 Å². The first-order valence-electron chi connectivity index (χ1n) is 23.4. The van der Waals surface area contributed by atoms with Crippen molar-refractivity contribution in [3.8, 4) is 78.7 Å². The molecule has 69 heavy (non-hydrogen) atoms. The third kappa shape index (κ3) is 5.53. The monoisotopic (exact) mass is 895 g/mol. The normalized spacial score (nSPS) is 13.0. The molecule has 2 aliphatic rings. The van der Waals surface area contributed by atoms with E-state index in [1.165, 1.54) is 70.2 Å². The Kier molecular flexibility index (Phi) is 8.12. The third-order valence-electron chi connectivity index (χ3n) is 14.6. The first kappa shape index (κ1) is 38.3. The largest absolute Gasteiger partial charge is 0.456 e. The summed E-state index contributed by atoms with van der Waals surface area (Å²) in [5, 5.41) is 4.41. The molecule has 320 valence electrons. The predicted molar refractivity (Wildman–Crippen MR) is 283 cm³/mol. The van der Waals surface area contributed by atoms with Crippen LogP contribution in [-0.4, -0.2) is 15.0 Å². The molecule has 0 unspecified atom stereocenters. The number of fused-ring (bicyclic) bond motifs is 16. The van der Waals surface area contributed by atoms with Crippen LogP contribution in [0.4, 0.5) is 0 Å². The lowest BCUT2D eigenvalue weighted by molar-refractivity contribution is 0.669.